The van der Waals surface area contributed by atoms with E-state index in [2.05, 4.69) is 50.2 Å². The molecule has 0 aliphatic rings. The molecule has 0 atom stereocenters. The lowest BCUT2D eigenvalue weighted by Crippen LogP contribution is -2.25. The van der Waals surface area contributed by atoms with E-state index in [0.717, 1.165) is 27.0 Å². The summed E-state index contributed by atoms with van der Waals surface area (Å²) >= 11 is 0. The van der Waals surface area contributed by atoms with Gasteiger partial charge in [-0.05, 0) is 28.7 Å². The van der Waals surface area contributed by atoms with Crippen LogP contribution in [0.15, 0.2) is 109 Å². The lowest BCUT2D eigenvalue weighted by molar-refractivity contribution is 0.592. The first-order valence-corrected chi connectivity index (χ1v) is 11.7. The second-order valence-electron chi connectivity index (χ2n) is 7.61. The first kappa shape index (κ1) is 19.4. The van der Waals surface area contributed by atoms with Gasteiger partial charge in [-0.3, -0.25) is 0 Å². The summed E-state index contributed by atoms with van der Waals surface area (Å²) in [6.45, 7) is 4.41. The summed E-state index contributed by atoms with van der Waals surface area (Å²) in [6, 6.07) is 36.5. The van der Waals surface area contributed by atoms with Gasteiger partial charge in [-0.1, -0.05) is 117 Å². The quantitative estimate of drug-likeness (QED) is 0.372. The lowest BCUT2D eigenvalue weighted by atomic mass is 9.97. The van der Waals surface area contributed by atoms with Crippen molar-refractivity contribution in [1.29, 1.82) is 0 Å². The maximum absolute atomic E-state index is 14.6. The number of rotatable bonds is 5. The van der Waals surface area contributed by atoms with E-state index >= 15 is 0 Å². The van der Waals surface area contributed by atoms with Gasteiger partial charge in [0.25, 0.3) is 0 Å². The van der Waals surface area contributed by atoms with Crippen LogP contribution in [-0.4, -0.2) is 0 Å². The van der Waals surface area contributed by atoms with Crippen molar-refractivity contribution < 1.29 is 4.57 Å². The monoisotopic (exact) mass is 396 g/mol. The Kier molecular flexibility index (Phi) is 5.51. The number of hydrogen-bond donors (Lipinski definition) is 0. The Morgan fingerprint density at radius 2 is 1.03 bits per heavy atom. The minimum atomic E-state index is -2.95. The normalized spacial score (nSPS) is 11.6. The van der Waals surface area contributed by atoms with Gasteiger partial charge in [0, 0.05) is 15.9 Å². The fraction of sp³-hybridized carbons (Fsp3) is 0.111. The molecule has 0 saturated heterocycles. The van der Waals surface area contributed by atoms with Gasteiger partial charge >= 0.3 is 0 Å². The van der Waals surface area contributed by atoms with E-state index in [9.17, 15) is 4.57 Å². The molecule has 0 aliphatic heterocycles. The molecule has 4 aromatic rings. The third kappa shape index (κ3) is 3.84. The molecule has 0 amide bonds. The van der Waals surface area contributed by atoms with Crippen LogP contribution in [0.5, 0.6) is 0 Å². The summed E-state index contributed by atoms with van der Waals surface area (Å²) in [6.07, 6.45) is 0. The molecule has 2 heteroatoms. The highest BCUT2D eigenvalue weighted by Crippen LogP contribution is 2.43. The van der Waals surface area contributed by atoms with E-state index in [1.807, 2.05) is 72.8 Å². The Morgan fingerprint density at radius 1 is 0.552 bits per heavy atom. The number of benzene rings is 4. The molecule has 0 unspecified atom stereocenters. The fourth-order valence-corrected chi connectivity index (χ4v) is 6.38. The molecule has 0 radical (unpaired) electrons. The van der Waals surface area contributed by atoms with E-state index in [0.29, 0.717) is 5.92 Å². The van der Waals surface area contributed by atoms with E-state index in [4.69, 9.17) is 0 Å². The Balaban J connectivity index is 1.89. The summed E-state index contributed by atoms with van der Waals surface area (Å²) in [4.78, 5) is 0. The molecule has 0 bridgehead atoms. The molecule has 4 aromatic carbocycles. The maximum Gasteiger partial charge on any atom is 0.171 e. The average Bonchev–Trinajstić information content (AvgIpc) is 2.80. The Morgan fingerprint density at radius 3 is 1.59 bits per heavy atom. The zero-order valence-corrected chi connectivity index (χ0v) is 17.7. The van der Waals surface area contributed by atoms with Crippen LogP contribution in [0.25, 0.3) is 11.1 Å². The van der Waals surface area contributed by atoms with Gasteiger partial charge in [0.2, 0.25) is 0 Å². The largest absolute Gasteiger partial charge is 0.309 e. The summed E-state index contributed by atoms with van der Waals surface area (Å²) in [5.74, 6) is 0.470. The van der Waals surface area contributed by atoms with Gasteiger partial charge in [-0.2, -0.15) is 0 Å². The standard InChI is InChI=1S/C27H25OP/c1-21(2)22-11-9-12-23(19-22)24-13-10-18-27(20-24)29(28,25-14-5-3-6-15-25)26-16-7-4-8-17-26/h3-21H,1-2H3. The van der Waals surface area contributed by atoms with Gasteiger partial charge in [0.1, 0.15) is 0 Å². The molecule has 144 valence electrons. The smallest absolute Gasteiger partial charge is 0.171 e. The Hall–Kier alpha value is -2.89. The summed E-state index contributed by atoms with van der Waals surface area (Å²) in [7, 11) is -2.95. The molecule has 1 nitrogen and oxygen atoms in total. The van der Waals surface area contributed by atoms with Crippen molar-refractivity contribution in [2.45, 2.75) is 19.8 Å². The third-order valence-electron chi connectivity index (χ3n) is 5.34. The van der Waals surface area contributed by atoms with Gasteiger partial charge in [-0.25, -0.2) is 0 Å². The first-order chi connectivity index (χ1) is 14.1. The van der Waals surface area contributed by atoms with Crippen molar-refractivity contribution in [3.05, 3.63) is 115 Å². The molecule has 29 heavy (non-hydrogen) atoms. The number of hydrogen-bond acceptors (Lipinski definition) is 1. The highest BCUT2D eigenvalue weighted by Gasteiger charge is 2.29. The zero-order chi connectivity index (χ0) is 20.3. The molecule has 0 fully saturated rings. The van der Waals surface area contributed by atoms with Crippen molar-refractivity contribution in [1.82, 2.24) is 0 Å². The molecule has 0 aliphatic carbocycles. The molecule has 0 spiro atoms. The van der Waals surface area contributed by atoms with Crippen LogP contribution in [-0.2, 0) is 4.57 Å². The predicted molar refractivity (Wildman–Crippen MR) is 125 cm³/mol. The average molecular weight is 396 g/mol. The van der Waals surface area contributed by atoms with Crippen molar-refractivity contribution in [2.75, 3.05) is 0 Å². The second kappa shape index (κ2) is 8.23. The third-order valence-corrected chi connectivity index (χ3v) is 8.39. The molecule has 0 N–H and O–H groups in total. The van der Waals surface area contributed by atoms with Crippen molar-refractivity contribution in [3.8, 4) is 11.1 Å². The zero-order valence-electron chi connectivity index (χ0n) is 16.8. The van der Waals surface area contributed by atoms with E-state index in [1.165, 1.54) is 5.56 Å². The molecule has 0 saturated carbocycles. The SMILES string of the molecule is CC(C)c1cccc(-c2cccc(P(=O)(c3ccccc3)c3ccccc3)c2)c1. The van der Waals surface area contributed by atoms with Gasteiger partial charge < -0.3 is 4.57 Å². The summed E-state index contributed by atoms with van der Waals surface area (Å²) in [5, 5.41) is 2.58. The van der Waals surface area contributed by atoms with Crippen LogP contribution in [0, 0.1) is 0 Å². The van der Waals surface area contributed by atoms with Crippen LogP contribution < -0.4 is 15.9 Å². The molecular formula is C27H25OP. The van der Waals surface area contributed by atoms with Crippen LogP contribution in [0.2, 0.25) is 0 Å². The van der Waals surface area contributed by atoms with E-state index < -0.39 is 7.14 Å². The van der Waals surface area contributed by atoms with Crippen molar-refractivity contribution in [3.63, 3.8) is 0 Å². The van der Waals surface area contributed by atoms with E-state index in [-0.39, 0.29) is 0 Å². The van der Waals surface area contributed by atoms with E-state index in [1.54, 1.807) is 0 Å². The minimum Gasteiger partial charge on any atom is -0.309 e. The molecule has 0 aromatic heterocycles. The second-order valence-corrected chi connectivity index (χ2v) is 10.4. The highest BCUT2D eigenvalue weighted by atomic mass is 31.2. The predicted octanol–water partition coefficient (Wildman–Crippen LogP) is 6.12. The van der Waals surface area contributed by atoms with Gasteiger partial charge in [0.05, 0.1) is 0 Å². The first-order valence-electron chi connectivity index (χ1n) is 10.0. The molecule has 4 rings (SSSR count). The van der Waals surface area contributed by atoms with Gasteiger partial charge in [0.15, 0.2) is 7.14 Å². The van der Waals surface area contributed by atoms with Crippen LogP contribution in [0.4, 0.5) is 0 Å². The Bertz CT molecular complexity index is 1100. The molecule has 0 heterocycles. The lowest BCUT2D eigenvalue weighted by Gasteiger charge is -2.20. The van der Waals surface area contributed by atoms with Crippen molar-refractivity contribution >= 4 is 23.1 Å². The van der Waals surface area contributed by atoms with Crippen LogP contribution >= 0.6 is 7.14 Å². The Labute approximate surface area is 173 Å². The van der Waals surface area contributed by atoms with Crippen LogP contribution in [0.3, 0.4) is 0 Å². The molecular weight excluding hydrogens is 371 g/mol. The summed E-state index contributed by atoms with van der Waals surface area (Å²) in [5.41, 5.74) is 3.56. The topological polar surface area (TPSA) is 17.1 Å². The van der Waals surface area contributed by atoms with Crippen LogP contribution in [0.1, 0.15) is 25.3 Å². The fourth-order valence-electron chi connectivity index (χ4n) is 3.68. The summed E-state index contributed by atoms with van der Waals surface area (Å²) < 4.78 is 14.6. The maximum atomic E-state index is 14.6. The van der Waals surface area contributed by atoms with Gasteiger partial charge in [-0.15, -0.1) is 0 Å². The minimum absolute atomic E-state index is 0.470. The van der Waals surface area contributed by atoms with Crippen molar-refractivity contribution in [2.24, 2.45) is 0 Å². The highest BCUT2D eigenvalue weighted by molar-refractivity contribution is 7.85.